The minimum absolute atomic E-state index is 0.139. The largest absolute Gasteiger partial charge is 0.497 e. The fourth-order valence-electron chi connectivity index (χ4n) is 2.70. The molecule has 3 rings (SSSR count). The first-order chi connectivity index (χ1) is 14.0. The summed E-state index contributed by atoms with van der Waals surface area (Å²) in [6, 6.07) is 16.5. The van der Waals surface area contributed by atoms with Gasteiger partial charge in [0.2, 0.25) is 5.91 Å². The van der Waals surface area contributed by atoms with E-state index in [4.69, 9.17) is 4.74 Å². The molecule has 0 aliphatic rings. The number of nitrogens with zero attached hydrogens (tertiary/aromatic N) is 1. The Kier molecular flexibility index (Phi) is 6.42. The van der Waals surface area contributed by atoms with Crippen molar-refractivity contribution in [2.45, 2.75) is 13.5 Å². The van der Waals surface area contributed by atoms with Crippen molar-refractivity contribution in [2.75, 3.05) is 17.7 Å². The maximum absolute atomic E-state index is 12.5. The molecule has 2 amide bonds. The fraction of sp³-hybridized carbons (Fsp3) is 0.136. The third-order valence-electron chi connectivity index (χ3n) is 4.08. The van der Waals surface area contributed by atoms with E-state index in [0.29, 0.717) is 23.5 Å². The second-order valence-electron chi connectivity index (χ2n) is 6.38. The summed E-state index contributed by atoms with van der Waals surface area (Å²) < 4.78 is 5.13. The van der Waals surface area contributed by atoms with E-state index in [-0.39, 0.29) is 11.8 Å². The number of nitrogens with one attached hydrogen (secondary N) is 3. The van der Waals surface area contributed by atoms with Crippen molar-refractivity contribution in [3.63, 3.8) is 0 Å². The molecule has 0 aliphatic heterocycles. The maximum Gasteiger partial charge on any atom is 0.253 e. The summed E-state index contributed by atoms with van der Waals surface area (Å²) in [5, 5.41) is 8.80. The van der Waals surface area contributed by atoms with Crippen LogP contribution in [0.5, 0.6) is 5.75 Å². The molecule has 2 aromatic carbocycles. The van der Waals surface area contributed by atoms with Crippen molar-refractivity contribution in [1.29, 1.82) is 0 Å². The molecule has 29 heavy (non-hydrogen) atoms. The van der Waals surface area contributed by atoms with Crippen LogP contribution in [0, 0.1) is 0 Å². The molecule has 0 spiro atoms. The van der Waals surface area contributed by atoms with Crippen molar-refractivity contribution in [3.8, 4) is 5.75 Å². The lowest BCUT2D eigenvalue weighted by Crippen LogP contribution is -2.23. The number of aromatic nitrogens is 1. The Balaban J connectivity index is 1.64. The second-order valence-corrected chi connectivity index (χ2v) is 6.38. The van der Waals surface area contributed by atoms with E-state index in [0.717, 1.165) is 17.0 Å². The first kappa shape index (κ1) is 19.9. The summed E-state index contributed by atoms with van der Waals surface area (Å²) >= 11 is 0. The molecular weight excluding hydrogens is 368 g/mol. The van der Waals surface area contributed by atoms with Crippen molar-refractivity contribution >= 4 is 28.9 Å². The zero-order valence-corrected chi connectivity index (χ0v) is 16.2. The molecule has 0 bridgehead atoms. The third kappa shape index (κ3) is 5.80. The minimum Gasteiger partial charge on any atom is -0.497 e. The molecule has 0 radical (unpaired) electrons. The molecule has 0 aliphatic carbocycles. The Morgan fingerprint density at radius 2 is 1.72 bits per heavy atom. The van der Waals surface area contributed by atoms with Crippen LogP contribution in [0.2, 0.25) is 0 Å². The molecule has 1 heterocycles. The molecule has 0 unspecified atom stereocenters. The number of anilines is 3. The van der Waals surface area contributed by atoms with E-state index in [2.05, 4.69) is 20.9 Å². The van der Waals surface area contributed by atoms with Crippen molar-refractivity contribution in [3.05, 3.63) is 78.1 Å². The summed E-state index contributed by atoms with van der Waals surface area (Å²) in [6.45, 7) is 1.86. The summed E-state index contributed by atoms with van der Waals surface area (Å²) in [4.78, 5) is 27.8. The average Bonchev–Trinajstić information content (AvgIpc) is 2.72. The Bertz CT molecular complexity index is 1000. The van der Waals surface area contributed by atoms with Crippen molar-refractivity contribution in [1.82, 2.24) is 10.3 Å². The van der Waals surface area contributed by atoms with Crippen LogP contribution in [0.1, 0.15) is 22.8 Å². The number of hydrogen-bond acceptors (Lipinski definition) is 5. The first-order valence-corrected chi connectivity index (χ1v) is 9.04. The first-order valence-electron chi connectivity index (χ1n) is 9.04. The molecule has 7 nitrogen and oxygen atoms in total. The standard InChI is InChI=1S/C22H22N4O3/c1-15(27)25-18-4-3-5-19(11-18)26-20-10-17(13-23-14-20)22(28)24-12-16-6-8-21(29-2)9-7-16/h3-11,13-14,26H,12H2,1-2H3,(H,24,28)(H,25,27). The highest BCUT2D eigenvalue weighted by Crippen LogP contribution is 2.20. The van der Waals surface area contributed by atoms with Crippen LogP contribution in [0.4, 0.5) is 17.1 Å². The third-order valence-corrected chi connectivity index (χ3v) is 4.08. The number of rotatable bonds is 7. The van der Waals surface area contributed by atoms with Gasteiger partial charge in [0.1, 0.15) is 5.75 Å². The molecule has 0 fully saturated rings. The average molecular weight is 390 g/mol. The minimum atomic E-state index is -0.219. The predicted molar refractivity (Wildman–Crippen MR) is 112 cm³/mol. The van der Waals surface area contributed by atoms with E-state index < -0.39 is 0 Å². The Morgan fingerprint density at radius 1 is 0.966 bits per heavy atom. The molecular formula is C22H22N4O3. The van der Waals surface area contributed by atoms with Crippen LogP contribution in [0.25, 0.3) is 0 Å². The number of methoxy groups -OCH3 is 1. The van der Waals surface area contributed by atoms with E-state index in [1.807, 2.05) is 36.4 Å². The smallest absolute Gasteiger partial charge is 0.253 e. The van der Waals surface area contributed by atoms with Gasteiger partial charge in [0.25, 0.3) is 5.91 Å². The van der Waals surface area contributed by atoms with Gasteiger partial charge in [-0.1, -0.05) is 18.2 Å². The zero-order chi connectivity index (χ0) is 20.6. The number of amides is 2. The highest BCUT2D eigenvalue weighted by molar-refractivity contribution is 5.95. The quantitative estimate of drug-likeness (QED) is 0.572. The zero-order valence-electron chi connectivity index (χ0n) is 16.2. The molecule has 0 atom stereocenters. The molecule has 1 aromatic heterocycles. The lowest BCUT2D eigenvalue weighted by atomic mass is 10.2. The Hall–Kier alpha value is -3.87. The van der Waals surface area contributed by atoms with Gasteiger partial charge in [0.15, 0.2) is 0 Å². The van der Waals surface area contributed by atoms with Gasteiger partial charge in [-0.15, -0.1) is 0 Å². The van der Waals surface area contributed by atoms with E-state index in [9.17, 15) is 9.59 Å². The van der Waals surface area contributed by atoms with Crippen LogP contribution in [0.15, 0.2) is 67.0 Å². The molecule has 148 valence electrons. The topological polar surface area (TPSA) is 92.3 Å². The lowest BCUT2D eigenvalue weighted by Gasteiger charge is -2.10. The number of ether oxygens (including phenoxy) is 1. The highest BCUT2D eigenvalue weighted by atomic mass is 16.5. The molecule has 7 heteroatoms. The van der Waals surface area contributed by atoms with Crippen LogP contribution in [-0.4, -0.2) is 23.9 Å². The maximum atomic E-state index is 12.5. The van der Waals surface area contributed by atoms with Crippen LogP contribution in [-0.2, 0) is 11.3 Å². The van der Waals surface area contributed by atoms with E-state index in [1.54, 1.807) is 31.5 Å². The molecule has 3 N–H and O–H groups in total. The summed E-state index contributed by atoms with van der Waals surface area (Å²) in [6.07, 6.45) is 3.15. The van der Waals surface area contributed by atoms with Gasteiger partial charge in [-0.2, -0.15) is 0 Å². The van der Waals surface area contributed by atoms with Gasteiger partial charge < -0.3 is 20.7 Å². The summed E-state index contributed by atoms with van der Waals surface area (Å²) in [7, 11) is 1.61. The van der Waals surface area contributed by atoms with Gasteiger partial charge in [-0.05, 0) is 42.0 Å². The van der Waals surface area contributed by atoms with Gasteiger partial charge in [0, 0.05) is 31.0 Å². The normalized spacial score (nSPS) is 10.1. The van der Waals surface area contributed by atoms with Crippen LogP contribution in [0.3, 0.4) is 0 Å². The lowest BCUT2D eigenvalue weighted by molar-refractivity contribution is -0.114. The van der Waals surface area contributed by atoms with Gasteiger partial charge in [-0.3, -0.25) is 14.6 Å². The van der Waals surface area contributed by atoms with Gasteiger partial charge in [0.05, 0.1) is 24.6 Å². The van der Waals surface area contributed by atoms with Crippen LogP contribution < -0.4 is 20.7 Å². The number of benzene rings is 2. The number of carbonyl (C=O) groups excluding carboxylic acids is 2. The Labute approximate surface area is 169 Å². The number of carbonyl (C=O) groups is 2. The van der Waals surface area contributed by atoms with E-state index in [1.165, 1.54) is 13.1 Å². The number of pyridine rings is 1. The number of hydrogen-bond donors (Lipinski definition) is 3. The van der Waals surface area contributed by atoms with Crippen molar-refractivity contribution < 1.29 is 14.3 Å². The summed E-state index contributed by atoms with van der Waals surface area (Å²) in [5.41, 5.74) is 3.54. The SMILES string of the molecule is COc1ccc(CNC(=O)c2cncc(Nc3cccc(NC(C)=O)c3)c2)cc1. The van der Waals surface area contributed by atoms with Crippen molar-refractivity contribution in [2.24, 2.45) is 0 Å². The van der Waals surface area contributed by atoms with Gasteiger partial charge >= 0.3 is 0 Å². The second kappa shape index (κ2) is 9.36. The van der Waals surface area contributed by atoms with Gasteiger partial charge in [-0.25, -0.2) is 0 Å². The predicted octanol–water partition coefficient (Wildman–Crippen LogP) is 3.72. The monoisotopic (exact) mass is 390 g/mol. The molecule has 0 saturated carbocycles. The highest BCUT2D eigenvalue weighted by Gasteiger charge is 2.08. The molecule has 3 aromatic rings. The van der Waals surface area contributed by atoms with Crippen LogP contribution >= 0.6 is 0 Å². The summed E-state index contributed by atoms with van der Waals surface area (Å²) in [5.74, 6) is 0.411. The van der Waals surface area contributed by atoms with E-state index >= 15 is 0 Å². The fourth-order valence-corrected chi connectivity index (χ4v) is 2.70. The Morgan fingerprint density at radius 3 is 2.45 bits per heavy atom. The molecule has 0 saturated heterocycles.